The van der Waals surface area contributed by atoms with Gasteiger partial charge in [0.25, 0.3) is 0 Å². The molecule has 0 fully saturated rings. The molecule has 0 spiro atoms. The monoisotopic (exact) mass is 276 g/mol. The first-order valence-corrected chi connectivity index (χ1v) is 6.72. The summed E-state index contributed by atoms with van der Waals surface area (Å²) in [6.07, 6.45) is 1.02. The molecule has 3 nitrogen and oxygen atoms in total. The maximum Gasteiger partial charge on any atom is 0.191 e. The van der Waals surface area contributed by atoms with E-state index < -0.39 is 19.8 Å². The molecule has 0 saturated carbocycles. The molecule has 0 heterocycles. The van der Waals surface area contributed by atoms with E-state index >= 15 is 0 Å². The van der Waals surface area contributed by atoms with Gasteiger partial charge in [-0.2, -0.15) is 0 Å². The lowest BCUT2D eigenvalue weighted by Crippen LogP contribution is -2.23. The van der Waals surface area contributed by atoms with Crippen LogP contribution in [0, 0.1) is 0 Å². The number of hydrogen-bond acceptors (Lipinski definition) is 3. The lowest BCUT2D eigenvalue weighted by Gasteiger charge is -2.05. The number of Topliss-reactive ketones (excluding diaryl/α,β-unsaturated/α-hetero) is 1. The molecule has 0 N–H and O–H groups in total. The number of alkyl halides is 1. The summed E-state index contributed by atoms with van der Waals surface area (Å²) in [7, 11) is -3.38. The van der Waals surface area contributed by atoms with Gasteiger partial charge in [-0.3, -0.25) is 4.79 Å². The molecule has 0 radical (unpaired) electrons. The van der Waals surface area contributed by atoms with Gasteiger partial charge < -0.3 is 0 Å². The summed E-state index contributed by atoms with van der Waals surface area (Å²) < 4.78 is 21.0. The van der Waals surface area contributed by atoms with E-state index in [1.165, 1.54) is 0 Å². The summed E-state index contributed by atoms with van der Waals surface area (Å²) >= 11 is 2.86. The summed E-state index contributed by atoms with van der Waals surface area (Å²) in [4.78, 5) is 11.6. The number of ketones is 1. The zero-order chi connectivity index (χ0) is 10.8. The summed E-state index contributed by atoms with van der Waals surface area (Å²) in [5.74, 6) is -0.437. The number of carbonyl (C=O) groups excluding carboxylic acids is 1. The zero-order valence-electron chi connectivity index (χ0n) is 7.48. The largest absolute Gasteiger partial charge is 0.292 e. The van der Waals surface area contributed by atoms with Crippen LogP contribution in [-0.4, -0.2) is 24.6 Å². The van der Waals surface area contributed by atoms with Crippen LogP contribution >= 0.6 is 15.9 Å². The van der Waals surface area contributed by atoms with Crippen molar-refractivity contribution in [2.45, 2.75) is 4.16 Å². The van der Waals surface area contributed by atoms with Crippen molar-refractivity contribution in [1.29, 1.82) is 0 Å². The van der Waals surface area contributed by atoms with E-state index in [0.717, 1.165) is 6.26 Å². The number of carbonyl (C=O) groups is 1. The molecular formula is C9H9BrO3S. The minimum absolute atomic E-state index is 0.389. The molecule has 76 valence electrons. The van der Waals surface area contributed by atoms with Crippen molar-refractivity contribution in [3.8, 4) is 0 Å². The molecule has 5 heteroatoms. The molecule has 14 heavy (non-hydrogen) atoms. The fourth-order valence-corrected chi connectivity index (χ4v) is 1.72. The molecule has 1 rings (SSSR count). The standard InChI is InChI=1S/C9H9BrO3S/c1-14(12,13)9(10)8(11)7-5-3-2-4-6-7/h2-6,9H,1H3. The molecule has 0 aliphatic rings. The van der Waals surface area contributed by atoms with Crippen molar-refractivity contribution >= 4 is 31.6 Å². The predicted octanol–water partition coefficient (Wildman–Crippen LogP) is 1.63. The maximum absolute atomic E-state index is 11.6. The fraction of sp³-hybridized carbons (Fsp3) is 0.222. The Balaban J connectivity index is 2.99. The van der Waals surface area contributed by atoms with Gasteiger partial charge in [-0.25, -0.2) is 8.42 Å². The lowest BCUT2D eigenvalue weighted by atomic mass is 10.2. The minimum Gasteiger partial charge on any atom is -0.292 e. The van der Waals surface area contributed by atoms with Crippen molar-refractivity contribution in [2.75, 3.05) is 6.26 Å². The second-order valence-corrected chi connectivity index (χ2v) is 6.53. The third-order valence-corrected chi connectivity index (χ3v) is 5.06. The van der Waals surface area contributed by atoms with Crippen LogP contribution in [0.4, 0.5) is 0 Å². The SMILES string of the molecule is CS(=O)(=O)C(Br)C(=O)c1ccccc1. The number of benzene rings is 1. The zero-order valence-corrected chi connectivity index (χ0v) is 9.88. The quantitative estimate of drug-likeness (QED) is 0.623. The summed E-state index contributed by atoms with van der Waals surface area (Å²) in [5, 5.41) is 0. The van der Waals surface area contributed by atoms with Gasteiger partial charge in [0.15, 0.2) is 19.8 Å². The van der Waals surface area contributed by atoms with E-state index in [1.807, 2.05) is 0 Å². The first-order chi connectivity index (χ1) is 6.43. The van der Waals surface area contributed by atoms with Gasteiger partial charge in [0, 0.05) is 11.8 Å². The Bertz CT molecular complexity index is 425. The third-order valence-electron chi connectivity index (χ3n) is 1.64. The number of hydrogen-bond donors (Lipinski definition) is 0. The maximum atomic E-state index is 11.6. The second kappa shape index (κ2) is 4.23. The summed E-state index contributed by atoms with van der Waals surface area (Å²) in [6.45, 7) is 0. The third kappa shape index (κ3) is 2.65. The van der Waals surface area contributed by atoms with Crippen molar-refractivity contribution in [3.05, 3.63) is 35.9 Å². The number of rotatable bonds is 3. The van der Waals surface area contributed by atoms with Gasteiger partial charge in [0.2, 0.25) is 0 Å². The highest BCUT2D eigenvalue weighted by atomic mass is 79.9. The molecule has 1 atom stereocenters. The molecule has 1 unspecified atom stereocenters. The van der Waals surface area contributed by atoms with Gasteiger partial charge in [-0.15, -0.1) is 0 Å². The van der Waals surface area contributed by atoms with Crippen LogP contribution in [0.2, 0.25) is 0 Å². The van der Waals surface area contributed by atoms with Gasteiger partial charge in [0.1, 0.15) is 0 Å². The van der Waals surface area contributed by atoms with Crippen LogP contribution in [0.3, 0.4) is 0 Å². The predicted molar refractivity (Wildman–Crippen MR) is 58.3 cm³/mol. The molecule has 0 amide bonds. The summed E-state index contributed by atoms with van der Waals surface area (Å²) in [6, 6.07) is 8.31. The van der Waals surface area contributed by atoms with E-state index in [-0.39, 0.29) is 0 Å². The van der Waals surface area contributed by atoms with E-state index in [1.54, 1.807) is 30.3 Å². The Morgan fingerprint density at radius 3 is 2.21 bits per heavy atom. The minimum atomic E-state index is -3.38. The number of halogens is 1. The van der Waals surface area contributed by atoms with Crippen LogP contribution < -0.4 is 0 Å². The molecule has 0 aromatic heterocycles. The first kappa shape index (κ1) is 11.4. The number of sulfone groups is 1. The van der Waals surface area contributed by atoms with Gasteiger partial charge in [0.05, 0.1) is 0 Å². The molecule has 1 aromatic rings. The Labute approximate surface area is 91.2 Å². The molecular weight excluding hydrogens is 268 g/mol. The van der Waals surface area contributed by atoms with Crippen molar-refractivity contribution in [1.82, 2.24) is 0 Å². The molecule has 0 aliphatic heterocycles. The smallest absolute Gasteiger partial charge is 0.191 e. The van der Waals surface area contributed by atoms with E-state index in [0.29, 0.717) is 5.56 Å². The molecule has 0 saturated heterocycles. The molecule has 0 bridgehead atoms. The fourth-order valence-electron chi connectivity index (χ4n) is 0.928. The van der Waals surface area contributed by atoms with Crippen molar-refractivity contribution < 1.29 is 13.2 Å². The molecule has 0 aliphatic carbocycles. The topological polar surface area (TPSA) is 51.2 Å². The van der Waals surface area contributed by atoms with Crippen LogP contribution in [0.5, 0.6) is 0 Å². The Morgan fingerprint density at radius 2 is 1.79 bits per heavy atom. The first-order valence-electron chi connectivity index (χ1n) is 3.85. The highest BCUT2D eigenvalue weighted by molar-refractivity contribution is 9.11. The van der Waals surface area contributed by atoms with Gasteiger partial charge in [-0.1, -0.05) is 46.3 Å². The molecule has 1 aromatic carbocycles. The highest BCUT2D eigenvalue weighted by Gasteiger charge is 2.26. The Kier molecular flexibility index (Phi) is 3.44. The van der Waals surface area contributed by atoms with Crippen LogP contribution in [0.15, 0.2) is 30.3 Å². The summed E-state index contributed by atoms with van der Waals surface area (Å²) in [5.41, 5.74) is 0.389. The second-order valence-electron chi connectivity index (χ2n) is 2.88. The normalized spacial score (nSPS) is 13.6. The van der Waals surface area contributed by atoms with E-state index in [4.69, 9.17) is 0 Å². The van der Waals surface area contributed by atoms with Crippen LogP contribution in [-0.2, 0) is 9.84 Å². The Hall–Kier alpha value is -0.680. The van der Waals surface area contributed by atoms with Crippen LogP contribution in [0.25, 0.3) is 0 Å². The van der Waals surface area contributed by atoms with Crippen molar-refractivity contribution in [2.24, 2.45) is 0 Å². The van der Waals surface area contributed by atoms with E-state index in [9.17, 15) is 13.2 Å². The van der Waals surface area contributed by atoms with Gasteiger partial charge >= 0.3 is 0 Å². The average molecular weight is 277 g/mol. The lowest BCUT2D eigenvalue weighted by molar-refractivity contribution is 0.101. The van der Waals surface area contributed by atoms with E-state index in [2.05, 4.69) is 15.9 Å². The van der Waals surface area contributed by atoms with Gasteiger partial charge in [-0.05, 0) is 0 Å². The average Bonchev–Trinajstić information content (AvgIpc) is 2.15. The Morgan fingerprint density at radius 1 is 1.29 bits per heavy atom. The highest BCUT2D eigenvalue weighted by Crippen LogP contribution is 2.14. The van der Waals surface area contributed by atoms with Crippen molar-refractivity contribution in [3.63, 3.8) is 0 Å². The van der Waals surface area contributed by atoms with Crippen LogP contribution in [0.1, 0.15) is 10.4 Å².